The highest BCUT2D eigenvalue weighted by atomic mass is 16.3. The number of unbranched alkanes of at least 4 members (excludes halogenated alkanes) is 9. The number of Topliss-reactive ketones (excluding diaryl/α,β-unsaturated/α-hetero) is 2. The van der Waals surface area contributed by atoms with Gasteiger partial charge in [-0.05, 0) is 40.5 Å². The number of aliphatic hydroxyl groups excluding tert-OH is 1. The molecule has 0 saturated heterocycles. The molecular formula is C22H38O3. The lowest BCUT2D eigenvalue weighted by molar-refractivity contribution is -0.144. The van der Waals surface area contributed by atoms with Crippen LogP contribution in [-0.4, -0.2) is 16.7 Å². The second-order valence-corrected chi connectivity index (χ2v) is 8.67. The Morgan fingerprint density at radius 2 is 1.16 bits per heavy atom. The summed E-state index contributed by atoms with van der Waals surface area (Å²) in [6.45, 7) is 9.05. The fourth-order valence-electron chi connectivity index (χ4n) is 3.88. The third kappa shape index (κ3) is 5.43. The van der Waals surface area contributed by atoms with Crippen LogP contribution in [0.25, 0.3) is 0 Å². The van der Waals surface area contributed by atoms with Gasteiger partial charge < -0.3 is 5.11 Å². The second-order valence-electron chi connectivity index (χ2n) is 8.67. The molecule has 0 amide bonds. The molecule has 0 atom stereocenters. The van der Waals surface area contributed by atoms with E-state index < -0.39 is 10.8 Å². The zero-order chi connectivity index (χ0) is 19.1. The van der Waals surface area contributed by atoms with Crippen LogP contribution in [0.2, 0.25) is 0 Å². The summed E-state index contributed by atoms with van der Waals surface area (Å²) in [4.78, 5) is 25.1. The number of carbonyl (C=O) groups is 2. The monoisotopic (exact) mass is 350 g/mol. The third-order valence-electron chi connectivity index (χ3n) is 5.64. The molecule has 0 heterocycles. The summed E-state index contributed by atoms with van der Waals surface area (Å²) >= 11 is 0. The van der Waals surface area contributed by atoms with E-state index >= 15 is 0 Å². The Morgan fingerprint density at radius 3 is 1.64 bits per heavy atom. The average Bonchev–Trinajstić information content (AvgIpc) is 2.57. The van der Waals surface area contributed by atoms with Crippen LogP contribution < -0.4 is 0 Å². The molecular weight excluding hydrogens is 312 g/mol. The van der Waals surface area contributed by atoms with Gasteiger partial charge in [0.2, 0.25) is 0 Å². The average molecular weight is 351 g/mol. The van der Waals surface area contributed by atoms with E-state index in [1.54, 1.807) is 27.7 Å². The summed E-state index contributed by atoms with van der Waals surface area (Å²) in [5, 5.41) is 10.5. The topological polar surface area (TPSA) is 54.4 Å². The minimum Gasteiger partial charge on any atom is -0.511 e. The number of ketones is 2. The number of carbonyl (C=O) groups excluding carboxylic acids is 2. The van der Waals surface area contributed by atoms with E-state index in [1.165, 1.54) is 51.4 Å². The Labute approximate surface area is 154 Å². The fraction of sp³-hybridized carbons (Fsp3) is 0.818. The van der Waals surface area contributed by atoms with Crippen LogP contribution in [0, 0.1) is 10.8 Å². The van der Waals surface area contributed by atoms with Gasteiger partial charge in [-0.1, -0.05) is 64.7 Å². The van der Waals surface area contributed by atoms with Crippen LogP contribution in [0.4, 0.5) is 0 Å². The molecule has 0 bridgehead atoms. The largest absolute Gasteiger partial charge is 0.511 e. The molecule has 0 aromatic heterocycles. The molecule has 0 radical (unpaired) electrons. The van der Waals surface area contributed by atoms with E-state index in [1.807, 2.05) is 0 Å². The predicted octanol–water partition coefficient (Wildman–Crippen LogP) is 6.31. The lowest BCUT2D eigenvalue weighted by Crippen LogP contribution is -2.48. The Balaban J connectivity index is 2.40. The van der Waals surface area contributed by atoms with Crippen molar-refractivity contribution in [2.45, 2.75) is 105 Å². The molecule has 0 spiro atoms. The van der Waals surface area contributed by atoms with Crippen molar-refractivity contribution in [3.05, 3.63) is 11.3 Å². The van der Waals surface area contributed by atoms with Gasteiger partial charge in [-0.15, -0.1) is 0 Å². The first-order valence-electron chi connectivity index (χ1n) is 10.2. The number of allylic oxidation sites excluding steroid dienone is 2. The van der Waals surface area contributed by atoms with Crippen LogP contribution >= 0.6 is 0 Å². The molecule has 25 heavy (non-hydrogen) atoms. The van der Waals surface area contributed by atoms with Crippen LogP contribution in [0.5, 0.6) is 0 Å². The molecule has 0 saturated carbocycles. The maximum absolute atomic E-state index is 12.6. The number of rotatable bonds is 11. The van der Waals surface area contributed by atoms with Crippen molar-refractivity contribution in [3.63, 3.8) is 0 Å². The zero-order valence-electron chi connectivity index (χ0n) is 17.0. The molecule has 1 N–H and O–H groups in total. The molecule has 0 aromatic carbocycles. The van der Waals surface area contributed by atoms with Crippen LogP contribution in [0.3, 0.4) is 0 Å². The van der Waals surface area contributed by atoms with Crippen molar-refractivity contribution in [2.75, 3.05) is 0 Å². The van der Waals surface area contributed by atoms with Crippen LogP contribution in [-0.2, 0) is 9.59 Å². The van der Waals surface area contributed by atoms with Crippen molar-refractivity contribution in [1.82, 2.24) is 0 Å². The molecule has 0 aromatic rings. The molecule has 0 fully saturated rings. The summed E-state index contributed by atoms with van der Waals surface area (Å²) in [7, 11) is 0. The van der Waals surface area contributed by atoms with Crippen molar-refractivity contribution in [2.24, 2.45) is 10.8 Å². The lowest BCUT2D eigenvalue weighted by atomic mass is 9.63. The van der Waals surface area contributed by atoms with Gasteiger partial charge in [-0.3, -0.25) is 9.59 Å². The van der Waals surface area contributed by atoms with Gasteiger partial charge in [0.15, 0.2) is 11.6 Å². The third-order valence-corrected chi connectivity index (χ3v) is 5.64. The first kappa shape index (κ1) is 21.9. The van der Waals surface area contributed by atoms with Gasteiger partial charge in [0.05, 0.1) is 10.8 Å². The Hall–Kier alpha value is -1.12. The Bertz CT molecular complexity index is 497. The second kappa shape index (κ2) is 9.54. The normalized spacial score (nSPS) is 19.6. The molecule has 0 unspecified atom stereocenters. The molecule has 1 aliphatic carbocycles. The van der Waals surface area contributed by atoms with E-state index in [9.17, 15) is 14.7 Å². The quantitative estimate of drug-likeness (QED) is 0.351. The minimum atomic E-state index is -1.02. The van der Waals surface area contributed by atoms with Gasteiger partial charge in [-0.2, -0.15) is 0 Å². The first-order chi connectivity index (χ1) is 11.7. The standard InChI is InChI=1S/C22H38O3/c1-6-7-8-9-10-11-12-13-14-15-16-17-18(23)21(2,3)20(25)22(4,5)19(17)24/h23H,6-16H2,1-5H3. The van der Waals surface area contributed by atoms with Gasteiger partial charge >= 0.3 is 0 Å². The fourth-order valence-corrected chi connectivity index (χ4v) is 3.88. The lowest BCUT2D eigenvalue weighted by Gasteiger charge is -2.38. The number of aliphatic hydroxyl groups is 1. The smallest absolute Gasteiger partial charge is 0.175 e. The number of hydrogen-bond donors (Lipinski definition) is 1. The van der Waals surface area contributed by atoms with E-state index in [4.69, 9.17) is 0 Å². The van der Waals surface area contributed by atoms with Crippen LogP contribution in [0.15, 0.2) is 11.3 Å². The summed E-state index contributed by atoms with van der Waals surface area (Å²) in [5.74, 6) is -0.377. The van der Waals surface area contributed by atoms with Gasteiger partial charge in [0.25, 0.3) is 0 Å². The van der Waals surface area contributed by atoms with E-state index in [0.717, 1.165) is 12.8 Å². The summed E-state index contributed by atoms with van der Waals surface area (Å²) in [6, 6.07) is 0. The molecule has 1 aliphatic rings. The van der Waals surface area contributed by atoms with Gasteiger partial charge in [-0.25, -0.2) is 0 Å². The predicted molar refractivity (Wildman–Crippen MR) is 104 cm³/mol. The highest BCUT2D eigenvalue weighted by Crippen LogP contribution is 2.44. The van der Waals surface area contributed by atoms with Crippen molar-refractivity contribution in [1.29, 1.82) is 0 Å². The highest BCUT2D eigenvalue weighted by molar-refractivity contribution is 6.18. The zero-order valence-corrected chi connectivity index (χ0v) is 17.0. The van der Waals surface area contributed by atoms with Crippen LogP contribution in [0.1, 0.15) is 105 Å². The number of hydrogen-bond acceptors (Lipinski definition) is 3. The molecule has 1 rings (SSSR count). The van der Waals surface area contributed by atoms with Crippen molar-refractivity contribution >= 4 is 11.6 Å². The summed E-state index contributed by atoms with van der Waals surface area (Å²) in [6.07, 6.45) is 13.0. The Kier molecular flexibility index (Phi) is 8.37. The maximum Gasteiger partial charge on any atom is 0.175 e. The minimum absolute atomic E-state index is 0.00208. The van der Waals surface area contributed by atoms with E-state index in [0.29, 0.717) is 12.0 Å². The van der Waals surface area contributed by atoms with Gasteiger partial charge in [0.1, 0.15) is 5.76 Å². The summed E-state index contributed by atoms with van der Waals surface area (Å²) in [5.41, 5.74) is -1.50. The maximum atomic E-state index is 12.6. The van der Waals surface area contributed by atoms with E-state index in [-0.39, 0.29) is 17.3 Å². The van der Waals surface area contributed by atoms with Crippen molar-refractivity contribution < 1.29 is 14.7 Å². The summed E-state index contributed by atoms with van der Waals surface area (Å²) < 4.78 is 0. The molecule has 0 aliphatic heterocycles. The SMILES string of the molecule is CCCCCCCCCCCCC1=C(O)C(C)(C)C(=O)C(C)(C)C1=O. The van der Waals surface area contributed by atoms with Crippen molar-refractivity contribution in [3.8, 4) is 0 Å². The highest BCUT2D eigenvalue weighted by Gasteiger charge is 2.52. The molecule has 3 nitrogen and oxygen atoms in total. The molecule has 3 heteroatoms. The Morgan fingerprint density at radius 1 is 0.720 bits per heavy atom. The van der Waals surface area contributed by atoms with Gasteiger partial charge in [0, 0.05) is 5.57 Å². The molecule has 144 valence electrons. The first-order valence-corrected chi connectivity index (χ1v) is 10.2. The van der Waals surface area contributed by atoms with E-state index in [2.05, 4.69) is 6.92 Å².